The summed E-state index contributed by atoms with van der Waals surface area (Å²) in [5.74, 6) is 0.905. The first-order valence-electron chi connectivity index (χ1n) is 6.24. The molecule has 0 bridgehead atoms. The summed E-state index contributed by atoms with van der Waals surface area (Å²) in [6.07, 6.45) is 6.77. The summed E-state index contributed by atoms with van der Waals surface area (Å²) in [4.78, 5) is 2.59. The van der Waals surface area contributed by atoms with Crippen molar-refractivity contribution in [2.24, 2.45) is 11.7 Å². The van der Waals surface area contributed by atoms with Crippen LogP contribution in [0.25, 0.3) is 0 Å². The van der Waals surface area contributed by atoms with Gasteiger partial charge >= 0.3 is 0 Å². The summed E-state index contributed by atoms with van der Waals surface area (Å²) in [6.45, 7) is 6.86. The van der Waals surface area contributed by atoms with Gasteiger partial charge in [-0.1, -0.05) is 20.3 Å². The Balaban J connectivity index is 2.04. The predicted molar refractivity (Wildman–Crippen MR) is 60.2 cm³/mol. The molecule has 2 rings (SSSR count). The molecule has 82 valence electrons. The first kappa shape index (κ1) is 10.4. The highest BCUT2D eigenvalue weighted by Crippen LogP contribution is 2.46. The lowest BCUT2D eigenvalue weighted by atomic mass is 9.75. The molecule has 2 aliphatic carbocycles. The number of rotatable bonds is 5. The molecule has 0 aromatic carbocycles. The molecule has 2 aliphatic rings. The quantitative estimate of drug-likeness (QED) is 0.728. The Morgan fingerprint density at radius 3 is 2.14 bits per heavy atom. The number of nitrogens with two attached hydrogens (primary N) is 1. The van der Waals surface area contributed by atoms with Gasteiger partial charge in [-0.3, -0.25) is 4.90 Å². The second kappa shape index (κ2) is 3.82. The second-order valence-corrected chi connectivity index (χ2v) is 5.09. The third-order valence-electron chi connectivity index (χ3n) is 4.22. The average molecular weight is 196 g/mol. The van der Waals surface area contributed by atoms with Crippen LogP contribution in [0.2, 0.25) is 0 Å². The van der Waals surface area contributed by atoms with E-state index in [1.54, 1.807) is 0 Å². The van der Waals surface area contributed by atoms with Crippen LogP contribution in [0.15, 0.2) is 0 Å². The standard InChI is InChI=1S/C12H24N2/c1-3-14(4-2)11(10-6-5-7-10)12(13)8-9-12/h10-11H,3-9,13H2,1-2H3. The molecule has 0 radical (unpaired) electrons. The third kappa shape index (κ3) is 1.70. The Morgan fingerprint density at radius 2 is 1.86 bits per heavy atom. The third-order valence-corrected chi connectivity index (χ3v) is 4.22. The van der Waals surface area contributed by atoms with Gasteiger partial charge in [0.05, 0.1) is 0 Å². The maximum Gasteiger partial charge on any atom is 0.0316 e. The summed E-state index contributed by atoms with van der Waals surface area (Å²) in [5.41, 5.74) is 6.60. The molecule has 2 nitrogen and oxygen atoms in total. The van der Waals surface area contributed by atoms with Gasteiger partial charge in [-0.15, -0.1) is 0 Å². The van der Waals surface area contributed by atoms with Crippen molar-refractivity contribution in [3.63, 3.8) is 0 Å². The Kier molecular flexibility index (Phi) is 2.85. The maximum atomic E-state index is 6.41. The van der Waals surface area contributed by atoms with Gasteiger partial charge in [-0.25, -0.2) is 0 Å². The van der Waals surface area contributed by atoms with E-state index in [0.717, 1.165) is 19.0 Å². The average Bonchev–Trinajstić information content (AvgIpc) is 2.82. The molecule has 1 atom stereocenters. The van der Waals surface area contributed by atoms with Crippen molar-refractivity contribution < 1.29 is 0 Å². The number of hydrogen-bond donors (Lipinski definition) is 1. The Hall–Kier alpha value is -0.0800. The summed E-state index contributed by atoms with van der Waals surface area (Å²) >= 11 is 0. The monoisotopic (exact) mass is 196 g/mol. The molecule has 1 unspecified atom stereocenters. The van der Waals surface area contributed by atoms with Crippen LogP contribution >= 0.6 is 0 Å². The zero-order chi connectivity index (χ0) is 10.2. The van der Waals surface area contributed by atoms with Crippen LogP contribution in [0, 0.1) is 5.92 Å². The summed E-state index contributed by atoms with van der Waals surface area (Å²) in [7, 11) is 0. The van der Waals surface area contributed by atoms with Crippen molar-refractivity contribution >= 4 is 0 Å². The molecule has 14 heavy (non-hydrogen) atoms. The Labute approximate surface area is 87.8 Å². The molecule has 0 heterocycles. The fourth-order valence-corrected chi connectivity index (χ4v) is 2.94. The topological polar surface area (TPSA) is 29.3 Å². The van der Waals surface area contributed by atoms with Gasteiger partial charge in [0, 0.05) is 11.6 Å². The van der Waals surface area contributed by atoms with E-state index in [4.69, 9.17) is 5.73 Å². The molecule has 0 amide bonds. The largest absolute Gasteiger partial charge is 0.324 e. The van der Waals surface area contributed by atoms with Crippen molar-refractivity contribution in [1.82, 2.24) is 4.90 Å². The SMILES string of the molecule is CCN(CC)C(C1CCC1)C1(N)CC1. The van der Waals surface area contributed by atoms with E-state index in [-0.39, 0.29) is 5.54 Å². The van der Waals surface area contributed by atoms with E-state index < -0.39 is 0 Å². The molecule has 2 fully saturated rings. The lowest BCUT2D eigenvalue weighted by Gasteiger charge is -2.44. The van der Waals surface area contributed by atoms with E-state index in [1.165, 1.54) is 32.1 Å². The first-order valence-corrected chi connectivity index (χ1v) is 6.24. The molecule has 2 saturated carbocycles. The zero-order valence-electron chi connectivity index (χ0n) is 9.63. The van der Waals surface area contributed by atoms with Crippen LogP contribution in [0.1, 0.15) is 46.0 Å². The van der Waals surface area contributed by atoms with Gasteiger partial charge in [0.1, 0.15) is 0 Å². The Morgan fingerprint density at radius 1 is 1.29 bits per heavy atom. The van der Waals surface area contributed by atoms with Crippen molar-refractivity contribution in [3.8, 4) is 0 Å². The number of nitrogens with zero attached hydrogens (tertiary/aromatic N) is 1. The first-order chi connectivity index (χ1) is 6.71. The zero-order valence-corrected chi connectivity index (χ0v) is 9.63. The molecular formula is C12H24N2. The van der Waals surface area contributed by atoms with E-state index in [2.05, 4.69) is 18.7 Å². The predicted octanol–water partition coefficient (Wildman–Crippen LogP) is 1.99. The fraction of sp³-hybridized carbons (Fsp3) is 1.00. The van der Waals surface area contributed by atoms with Crippen LogP contribution in [0.3, 0.4) is 0 Å². The minimum Gasteiger partial charge on any atom is -0.324 e. The van der Waals surface area contributed by atoms with Crippen LogP contribution < -0.4 is 5.73 Å². The smallest absolute Gasteiger partial charge is 0.0316 e. The molecule has 0 aliphatic heterocycles. The van der Waals surface area contributed by atoms with Gasteiger partial charge in [0.25, 0.3) is 0 Å². The number of hydrogen-bond acceptors (Lipinski definition) is 2. The van der Waals surface area contributed by atoms with Crippen molar-refractivity contribution in [2.45, 2.75) is 57.5 Å². The molecule has 0 saturated heterocycles. The minimum absolute atomic E-state index is 0.192. The summed E-state index contributed by atoms with van der Waals surface area (Å²) in [6, 6.07) is 0.686. The number of likely N-dealkylation sites (N-methyl/N-ethyl adjacent to an activating group) is 1. The van der Waals surface area contributed by atoms with Gasteiger partial charge in [-0.05, 0) is 44.7 Å². The molecule has 2 heteroatoms. The minimum atomic E-state index is 0.192. The second-order valence-electron chi connectivity index (χ2n) is 5.09. The highest BCUT2D eigenvalue weighted by Gasteiger charge is 2.51. The van der Waals surface area contributed by atoms with Crippen molar-refractivity contribution in [1.29, 1.82) is 0 Å². The van der Waals surface area contributed by atoms with Gasteiger partial charge in [0.15, 0.2) is 0 Å². The van der Waals surface area contributed by atoms with Crippen LogP contribution in [-0.2, 0) is 0 Å². The Bertz CT molecular complexity index is 190. The van der Waals surface area contributed by atoms with Gasteiger partial charge in [0.2, 0.25) is 0 Å². The molecule has 2 N–H and O–H groups in total. The van der Waals surface area contributed by atoms with E-state index in [9.17, 15) is 0 Å². The normalized spacial score (nSPS) is 27.4. The van der Waals surface area contributed by atoms with Crippen molar-refractivity contribution in [2.75, 3.05) is 13.1 Å². The lowest BCUT2D eigenvalue weighted by Crippen LogP contribution is -2.55. The fourth-order valence-electron chi connectivity index (χ4n) is 2.94. The van der Waals surface area contributed by atoms with Gasteiger partial charge in [-0.2, -0.15) is 0 Å². The summed E-state index contributed by atoms with van der Waals surface area (Å²) < 4.78 is 0. The lowest BCUT2D eigenvalue weighted by molar-refractivity contribution is 0.0769. The molecule has 0 aromatic rings. The van der Waals surface area contributed by atoms with E-state index >= 15 is 0 Å². The highest BCUT2D eigenvalue weighted by molar-refractivity contribution is 5.11. The maximum absolute atomic E-state index is 6.41. The highest BCUT2D eigenvalue weighted by atomic mass is 15.2. The van der Waals surface area contributed by atoms with E-state index in [0.29, 0.717) is 6.04 Å². The molecular weight excluding hydrogens is 172 g/mol. The van der Waals surface area contributed by atoms with Crippen LogP contribution in [0.4, 0.5) is 0 Å². The molecule has 0 aromatic heterocycles. The van der Waals surface area contributed by atoms with Crippen molar-refractivity contribution in [3.05, 3.63) is 0 Å². The molecule has 0 spiro atoms. The van der Waals surface area contributed by atoms with Crippen LogP contribution in [-0.4, -0.2) is 29.6 Å². The van der Waals surface area contributed by atoms with Gasteiger partial charge < -0.3 is 5.73 Å². The van der Waals surface area contributed by atoms with Crippen LogP contribution in [0.5, 0.6) is 0 Å². The van der Waals surface area contributed by atoms with E-state index in [1.807, 2.05) is 0 Å². The summed E-state index contributed by atoms with van der Waals surface area (Å²) in [5, 5.41) is 0.